The lowest BCUT2D eigenvalue weighted by molar-refractivity contribution is -0.138. The molecule has 0 aliphatic carbocycles. The van der Waals surface area contributed by atoms with Gasteiger partial charge in [0.05, 0.1) is 30.9 Å². The van der Waals surface area contributed by atoms with Crippen molar-refractivity contribution >= 4 is 53.2 Å². The summed E-state index contributed by atoms with van der Waals surface area (Å²) >= 11 is 0. The normalized spacial score (nSPS) is 19.6. The van der Waals surface area contributed by atoms with Crippen molar-refractivity contribution in [2.45, 2.75) is 44.3 Å². The highest BCUT2D eigenvalue weighted by Gasteiger charge is 2.46. The van der Waals surface area contributed by atoms with E-state index in [2.05, 4.69) is 21.3 Å². The second-order valence-electron chi connectivity index (χ2n) is 12.2. The van der Waals surface area contributed by atoms with E-state index in [4.69, 9.17) is 14.2 Å². The van der Waals surface area contributed by atoms with Gasteiger partial charge in [-0.05, 0) is 37.1 Å². The first-order valence-corrected chi connectivity index (χ1v) is 16.5. The zero-order chi connectivity index (χ0) is 36.9. The Morgan fingerprint density at radius 3 is 1.87 bits per heavy atom. The monoisotopic (exact) mass is 718 g/mol. The first kappa shape index (κ1) is 35.6. The van der Waals surface area contributed by atoms with Crippen LogP contribution < -0.4 is 30.7 Å². The molecule has 2 unspecified atom stereocenters. The van der Waals surface area contributed by atoms with Crippen molar-refractivity contribution < 1.29 is 57.4 Å². The molecule has 0 saturated carbocycles. The van der Waals surface area contributed by atoms with Crippen LogP contribution in [0.4, 0.5) is 0 Å². The van der Waals surface area contributed by atoms with Crippen molar-refractivity contribution in [3.05, 3.63) is 58.7 Å². The summed E-state index contributed by atoms with van der Waals surface area (Å²) in [7, 11) is 0. The van der Waals surface area contributed by atoms with Crippen molar-refractivity contribution in [2.24, 2.45) is 0 Å². The summed E-state index contributed by atoms with van der Waals surface area (Å²) < 4.78 is 16.7. The molecule has 0 aromatic heterocycles. The second-order valence-corrected chi connectivity index (χ2v) is 12.2. The molecule has 2 atom stereocenters. The molecule has 4 heterocycles. The summed E-state index contributed by atoms with van der Waals surface area (Å²) in [6, 6.07) is 7.28. The molecule has 4 aliphatic rings. The predicted octanol–water partition coefficient (Wildman–Crippen LogP) is -1.44. The molecule has 52 heavy (non-hydrogen) atoms. The van der Waals surface area contributed by atoms with Gasteiger partial charge in [-0.2, -0.15) is 0 Å². The lowest BCUT2D eigenvalue weighted by Crippen LogP contribution is -2.54. The zero-order valence-electron chi connectivity index (χ0n) is 27.7. The van der Waals surface area contributed by atoms with E-state index in [0.717, 1.165) is 4.90 Å². The summed E-state index contributed by atoms with van der Waals surface area (Å²) in [6.45, 7) is -0.200. The molecule has 6 rings (SSSR count). The van der Waals surface area contributed by atoms with Crippen LogP contribution in [0.5, 0.6) is 11.5 Å². The van der Waals surface area contributed by atoms with E-state index in [9.17, 15) is 43.2 Å². The van der Waals surface area contributed by atoms with Crippen LogP contribution in [0.1, 0.15) is 62.3 Å². The van der Waals surface area contributed by atoms with Crippen LogP contribution in [0.15, 0.2) is 36.4 Å². The summed E-state index contributed by atoms with van der Waals surface area (Å²) in [6.07, 6.45) is 0.354. The van der Waals surface area contributed by atoms with Crippen molar-refractivity contribution in [1.29, 1.82) is 0 Å². The minimum absolute atomic E-state index is 0.00361. The summed E-state index contributed by atoms with van der Waals surface area (Å²) in [5.74, 6) is -4.56. The van der Waals surface area contributed by atoms with Gasteiger partial charge in [0.1, 0.15) is 23.6 Å². The Morgan fingerprint density at radius 1 is 0.692 bits per heavy atom. The van der Waals surface area contributed by atoms with Crippen molar-refractivity contribution in [1.82, 2.24) is 31.1 Å². The summed E-state index contributed by atoms with van der Waals surface area (Å²) in [5, 5.41) is 9.62. The van der Waals surface area contributed by atoms with Gasteiger partial charge in [-0.3, -0.25) is 58.7 Å². The number of nitrogens with zero attached hydrogens (tertiary/aromatic N) is 2. The standard InChI is InChI=1S/C34H34N6O12/c41-25-9-7-21(30(45)37-25)39-15-20-18(32(39)47)3-1-5-23(20)51-16-27(43)35-11-13-50-14-12-36-28(44)17-52-24-6-2-4-19-29(24)34(49)40(33(19)48)22-8-10-26(42)38-31(22)46/h1-6,21-22H,7-17H2,(H,35,43)(H,36,44)(H,37,41,45)(H,38,42,46). The fourth-order valence-corrected chi connectivity index (χ4v) is 6.31. The highest BCUT2D eigenvalue weighted by Crippen LogP contribution is 2.35. The number of carbonyl (C=O) groups is 9. The molecular formula is C34H34N6O12. The molecule has 4 aliphatic heterocycles. The summed E-state index contributed by atoms with van der Waals surface area (Å²) in [5.41, 5.74) is 0.870. The molecule has 0 bridgehead atoms. The van der Waals surface area contributed by atoms with Crippen LogP contribution in [0.25, 0.3) is 0 Å². The first-order chi connectivity index (χ1) is 25.0. The van der Waals surface area contributed by atoms with Gasteiger partial charge >= 0.3 is 0 Å². The molecule has 2 aromatic rings. The number of hydrogen-bond donors (Lipinski definition) is 4. The van der Waals surface area contributed by atoms with E-state index >= 15 is 0 Å². The van der Waals surface area contributed by atoms with Gasteiger partial charge < -0.3 is 29.7 Å². The molecule has 18 heteroatoms. The molecule has 272 valence electrons. The molecule has 2 fully saturated rings. The maximum absolute atomic E-state index is 13.1. The van der Waals surface area contributed by atoms with Gasteiger partial charge in [0.2, 0.25) is 23.6 Å². The van der Waals surface area contributed by atoms with E-state index in [-0.39, 0.29) is 93.8 Å². The van der Waals surface area contributed by atoms with E-state index in [0.29, 0.717) is 16.9 Å². The average Bonchev–Trinajstić information content (AvgIpc) is 3.58. The Bertz CT molecular complexity index is 1880. The fourth-order valence-electron chi connectivity index (χ4n) is 6.31. The molecule has 4 N–H and O–H groups in total. The van der Waals surface area contributed by atoms with E-state index in [1.165, 1.54) is 23.1 Å². The smallest absolute Gasteiger partial charge is 0.266 e. The maximum Gasteiger partial charge on any atom is 0.266 e. The van der Waals surface area contributed by atoms with Crippen LogP contribution in [0.2, 0.25) is 0 Å². The predicted molar refractivity (Wildman–Crippen MR) is 173 cm³/mol. The number of carbonyl (C=O) groups excluding carboxylic acids is 9. The third-order valence-corrected chi connectivity index (χ3v) is 8.82. The number of fused-ring (bicyclic) bond motifs is 2. The van der Waals surface area contributed by atoms with Gasteiger partial charge in [-0.15, -0.1) is 0 Å². The largest absolute Gasteiger partial charge is 0.483 e. The van der Waals surface area contributed by atoms with E-state index in [1.54, 1.807) is 18.2 Å². The van der Waals surface area contributed by atoms with Gasteiger partial charge in [-0.25, -0.2) is 0 Å². The van der Waals surface area contributed by atoms with Gasteiger partial charge in [0.15, 0.2) is 13.2 Å². The number of rotatable bonds is 14. The number of ether oxygens (including phenoxy) is 3. The van der Waals surface area contributed by atoms with Crippen LogP contribution >= 0.6 is 0 Å². The Balaban J connectivity index is 0.870. The van der Waals surface area contributed by atoms with Gasteiger partial charge in [0, 0.05) is 37.1 Å². The van der Waals surface area contributed by atoms with Crippen LogP contribution in [0, 0.1) is 0 Å². The molecule has 2 aromatic carbocycles. The highest BCUT2D eigenvalue weighted by atomic mass is 16.5. The quantitative estimate of drug-likeness (QED) is 0.130. The SMILES string of the molecule is O=C(COc1cccc2c1CN(C1CCC(=O)NC1=O)C2=O)NCCOCCNC(=O)COc1cccc2c1C(=O)N(C1CCC(=O)NC1=O)C2=O. The number of imide groups is 3. The fraction of sp³-hybridized carbons (Fsp3) is 0.382. The second kappa shape index (κ2) is 15.4. The third kappa shape index (κ3) is 7.46. The van der Waals surface area contributed by atoms with Crippen LogP contribution in [-0.4, -0.2) is 115 Å². The minimum atomic E-state index is -1.13. The first-order valence-electron chi connectivity index (χ1n) is 16.5. The number of amides is 9. The maximum atomic E-state index is 13.1. The topological polar surface area (TPSA) is 236 Å². The Kier molecular flexibility index (Phi) is 10.5. The number of nitrogens with one attached hydrogen (secondary N) is 4. The number of benzene rings is 2. The molecule has 9 amide bonds. The van der Waals surface area contributed by atoms with Gasteiger partial charge in [0.25, 0.3) is 29.5 Å². The molecule has 0 spiro atoms. The van der Waals surface area contributed by atoms with E-state index in [1.807, 2.05) is 0 Å². The highest BCUT2D eigenvalue weighted by molar-refractivity contribution is 6.24. The van der Waals surface area contributed by atoms with Crippen molar-refractivity contribution in [3.8, 4) is 11.5 Å². The molecule has 2 saturated heterocycles. The van der Waals surface area contributed by atoms with E-state index < -0.39 is 60.0 Å². The minimum Gasteiger partial charge on any atom is -0.483 e. The average molecular weight is 719 g/mol. The zero-order valence-corrected chi connectivity index (χ0v) is 27.7. The number of hydrogen-bond acceptors (Lipinski definition) is 12. The Morgan fingerprint density at radius 2 is 1.25 bits per heavy atom. The van der Waals surface area contributed by atoms with Gasteiger partial charge in [-0.1, -0.05) is 12.1 Å². The molecular weight excluding hydrogens is 684 g/mol. The third-order valence-electron chi connectivity index (χ3n) is 8.82. The molecule has 0 radical (unpaired) electrons. The van der Waals surface area contributed by atoms with Crippen LogP contribution in [0.3, 0.4) is 0 Å². The Labute approximate surface area is 295 Å². The Hall–Kier alpha value is -6.17. The van der Waals surface area contributed by atoms with Crippen molar-refractivity contribution in [3.63, 3.8) is 0 Å². The lowest BCUT2D eigenvalue weighted by Gasteiger charge is -2.29. The lowest BCUT2D eigenvalue weighted by atomic mass is 10.0. The van der Waals surface area contributed by atoms with Crippen molar-refractivity contribution in [2.75, 3.05) is 39.5 Å². The summed E-state index contributed by atoms with van der Waals surface area (Å²) in [4.78, 5) is 114. The molecule has 18 nitrogen and oxygen atoms in total. The number of piperidine rings is 2. The van der Waals surface area contributed by atoms with Crippen LogP contribution in [-0.2, 0) is 40.0 Å².